The second-order valence-electron chi connectivity index (χ2n) is 6.52. The van der Waals surface area contributed by atoms with Crippen molar-refractivity contribution in [3.8, 4) is 0 Å². The second-order valence-corrected chi connectivity index (χ2v) is 6.52. The summed E-state index contributed by atoms with van der Waals surface area (Å²) in [5.41, 5.74) is 0. The summed E-state index contributed by atoms with van der Waals surface area (Å²) in [5.74, 6) is 0.277. The van der Waals surface area contributed by atoms with Crippen molar-refractivity contribution in [1.82, 2.24) is 15.1 Å². The molecule has 1 saturated heterocycles. The molecule has 20 heavy (non-hydrogen) atoms. The number of likely N-dealkylation sites (tertiary alicyclic amines) is 1. The molecule has 0 radical (unpaired) electrons. The summed E-state index contributed by atoms with van der Waals surface area (Å²) in [6.07, 6.45) is 6.14. The van der Waals surface area contributed by atoms with E-state index in [4.69, 9.17) is 0 Å². The first-order valence-corrected chi connectivity index (χ1v) is 8.17. The van der Waals surface area contributed by atoms with E-state index in [0.29, 0.717) is 0 Å². The Hall–Kier alpha value is -0.610. The van der Waals surface area contributed by atoms with Gasteiger partial charge >= 0.3 is 0 Å². The van der Waals surface area contributed by atoms with E-state index in [-0.39, 0.29) is 11.8 Å². The Morgan fingerprint density at radius 1 is 1.25 bits per heavy atom. The van der Waals surface area contributed by atoms with Crippen molar-refractivity contribution in [3.05, 3.63) is 0 Å². The molecule has 1 aliphatic rings. The molecule has 1 amide bonds. The summed E-state index contributed by atoms with van der Waals surface area (Å²) in [6, 6.07) is 0.770. The molecule has 1 heterocycles. The van der Waals surface area contributed by atoms with Crippen LogP contribution in [0.3, 0.4) is 0 Å². The van der Waals surface area contributed by atoms with Crippen molar-refractivity contribution in [1.29, 1.82) is 0 Å². The lowest BCUT2D eigenvalue weighted by Gasteiger charge is -2.35. The molecule has 4 nitrogen and oxygen atoms in total. The van der Waals surface area contributed by atoms with E-state index in [1.54, 1.807) is 0 Å². The topological polar surface area (TPSA) is 35.6 Å². The van der Waals surface area contributed by atoms with Crippen LogP contribution in [-0.2, 0) is 4.79 Å². The Morgan fingerprint density at radius 2 is 1.90 bits per heavy atom. The third-order valence-corrected chi connectivity index (χ3v) is 4.32. The first-order chi connectivity index (χ1) is 9.50. The van der Waals surface area contributed by atoms with Gasteiger partial charge in [0.2, 0.25) is 5.91 Å². The van der Waals surface area contributed by atoms with Crippen LogP contribution in [0.15, 0.2) is 0 Å². The second kappa shape index (κ2) is 9.35. The lowest BCUT2D eigenvalue weighted by atomic mass is 10.0. The van der Waals surface area contributed by atoms with Gasteiger partial charge in [-0.3, -0.25) is 4.79 Å². The van der Waals surface area contributed by atoms with Crippen LogP contribution < -0.4 is 5.32 Å². The number of hydrogen-bond acceptors (Lipinski definition) is 3. The van der Waals surface area contributed by atoms with Crippen molar-refractivity contribution in [3.63, 3.8) is 0 Å². The lowest BCUT2D eigenvalue weighted by molar-refractivity contribution is -0.123. The molecule has 0 aromatic carbocycles. The van der Waals surface area contributed by atoms with Crippen molar-refractivity contribution in [2.75, 3.05) is 40.3 Å². The highest BCUT2D eigenvalue weighted by Gasteiger charge is 2.19. The van der Waals surface area contributed by atoms with E-state index < -0.39 is 0 Å². The predicted molar refractivity (Wildman–Crippen MR) is 84.8 cm³/mol. The van der Waals surface area contributed by atoms with E-state index in [9.17, 15) is 4.79 Å². The molecule has 0 aromatic rings. The largest absolute Gasteiger partial charge is 0.356 e. The highest BCUT2D eigenvalue weighted by molar-refractivity contribution is 5.77. The van der Waals surface area contributed by atoms with Crippen LogP contribution >= 0.6 is 0 Å². The summed E-state index contributed by atoms with van der Waals surface area (Å²) < 4.78 is 0. The Bertz CT molecular complexity index is 273. The number of rotatable bonds is 8. The number of carbonyl (C=O) groups excluding carboxylic acids is 1. The van der Waals surface area contributed by atoms with E-state index in [0.717, 1.165) is 19.0 Å². The van der Waals surface area contributed by atoms with Crippen molar-refractivity contribution >= 4 is 5.91 Å². The van der Waals surface area contributed by atoms with Crippen LogP contribution in [-0.4, -0.2) is 62.0 Å². The zero-order valence-corrected chi connectivity index (χ0v) is 13.8. The van der Waals surface area contributed by atoms with Crippen LogP contribution in [0.25, 0.3) is 0 Å². The molecule has 0 saturated carbocycles. The Morgan fingerprint density at radius 3 is 2.50 bits per heavy atom. The first-order valence-electron chi connectivity index (χ1n) is 8.17. The molecule has 0 spiro atoms. The third-order valence-electron chi connectivity index (χ3n) is 4.32. The zero-order chi connectivity index (χ0) is 15.0. The molecule has 118 valence electrons. The van der Waals surface area contributed by atoms with Crippen molar-refractivity contribution < 1.29 is 4.79 Å². The molecule has 0 bridgehead atoms. The quantitative estimate of drug-likeness (QED) is 0.692. The van der Waals surface area contributed by atoms with E-state index >= 15 is 0 Å². The zero-order valence-electron chi connectivity index (χ0n) is 13.8. The molecular weight excluding hydrogens is 250 g/mol. The molecule has 0 aliphatic carbocycles. The Labute approximate surface area is 124 Å². The van der Waals surface area contributed by atoms with Gasteiger partial charge in [-0.15, -0.1) is 0 Å². The van der Waals surface area contributed by atoms with Gasteiger partial charge in [0.05, 0.1) is 0 Å². The van der Waals surface area contributed by atoms with E-state index in [2.05, 4.69) is 29.2 Å². The number of unbranched alkanes of at least 4 members (excludes halogenated alkanes) is 2. The average Bonchev–Trinajstić information content (AvgIpc) is 2.42. The molecule has 1 aliphatic heterocycles. The number of hydrogen-bond donors (Lipinski definition) is 1. The monoisotopic (exact) mass is 283 g/mol. The predicted octanol–water partition coefficient (Wildman–Crippen LogP) is 1.95. The first kappa shape index (κ1) is 17.4. The van der Waals surface area contributed by atoms with Gasteiger partial charge in [0.15, 0.2) is 0 Å². The number of nitrogens with one attached hydrogen (secondary N) is 1. The van der Waals surface area contributed by atoms with Crippen LogP contribution in [0.4, 0.5) is 0 Å². The Kier molecular flexibility index (Phi) is 8.15. The van der Waals surface area contributed by atoms with Gasteiger partial charge in [-0.05, 0) is 59.4 Å². The molecule has 0 aromatic heterocycles. The van der Waals surface area contributed by atoms with Gasteiger partial charge in [0, 0.05) is 18.5 Å². The van der Waals surface area contributed by atoms with Crippen molar-refractivity contribution in [2.45, 2.75) is 52.0 Å². The molecule has 0 atom stereocenters. The number of amides is 1. The molecule has 1 N–H and O–H groups in total. The van der Waals surface area contributed by atoms with Crippen LogP contribution in [0.2, 0.25) is 0 Å². The van der Waals surface area contributed by atoms with Gasteiger partial charge in [0.25, 0.3) is 0 Å². The summed E-state index contributed by atoms with van der Waals surface area (Å²) in [7, 11) is 4.47. The maximum atomic E-state index is 11.4. The minimum absolute atomic E-state index is 0.102. The average molecular weight is 283 g/mol. The fourth-order valence-corrected chi connectivity index (χ4v) is 2.70. The normalized spacial score (nSPS) is 17.9. The number of piperidine rings is 1. The summed E-state index contributed by atoms with van der Waals surface area (Å²) >= 11 is 0. The van der Waals surface area contributed by atoms with E-state index in [1.807, 2.05) is 13.8 Å². The summed E-state index contributed by atoms with van der Waals surface area (Å²) in [5, 5.41) is 2.98. The fraction of sp³-hybridized carbons (Fsp3) is 0.938. The van der Waals surface area contributed by atoms with Gasteiger partial charge in [-0.1, -0.05) is 20.3 Å². The van der Waals surface area contributed by atoms with Crippen molar-refractivity contribution in [2.24, 2.45) is 5.92 Å². The highest BCUT2D eigenvalue weighted by atomic mass is 16.1. The smallest absolute Gasteiger partial charge is 0.222 e. The number of carbonyl (C=O) groups is 1. The standard InChI is InChI=1S/C16H33N3O/c1-14(2)16(20)17-10-6-5-7-11-19(4)15-8-12-18(3)13-9-15/h14-15H,5-13H2,1-4H3,(H,17,20). The molecule has 0 unspecified atom stereocenters. The Balaban J connectivity index is 1.99. The highest BCUT2D eigenvalue weighted by Crippen LogP contribution is 2.14. The van der Waals surface area contributed by atoms with Crippen LogP contribution in [0.1, 0.15) is 46.0 Å². The van der Waals surface area contributed by atoms with Gasteiger partial charge in [-0.25, -0.2) is 0 Å². The van der Waals surface area contributed by atoms with E-state index in [1.165, 1.54) is 45.3 Å². The number of nitrogens with zero attached hydrogens (tertiary/aromatic N) is 2. The molecular formula is C16H33N3O. The molecule has 4 heteroatoms. The fourth-order valence-electron chi connectivity index (χ4n) is 2.70. The van der Waals surface area contributed by atoms with Crippen LogP contribution in [0, 0.1) is 5.92 Å². The van der Waals surface area contributed by atoms with Gasteiger partial charge < -0.3 is 15.1 Å². The van der Waals surface area contributed by atoms with Crippen LogP contribution in [0.5, 0.6) is 0 Å². The summed E-state index contributed by atoms with van der Waals surface area (Å²) in [6.45, 7) is 8.35. The maximum absolute atomic E-state index is 11.4. The third kappa shape index (κ3) is 6.71. The SMILES string of the molecule is CC(C)C(=O)NCCCCCN(C)C1CCN(C)CC1. The molecule has 1 fully saturated rings. The maximum Gasteiger partial charge on any atom is 0.222 e. The van der Waals surface area contributed by atoms with Gasteiger partial charge in [0.1, 0.15) is 0 Å². The minimum Gasteiger partial charge on any atom is -0.356 e. The lowest BCUT2D eigenvalue weighted by Crippen LogP contribution is -2.42. The van der Waals surface area contributed by atoms with Gasteiger partial charge in [-0.2, -0.15) is 0 Å². The molecule has 1 rings (SSSR count). The minimum atomic E-state index is 0.102. The summed E-state index contributed by atoms with van der Waals surface area (Å²) in [4.78, 5) is 16.3.